The normalized spacial score (nSPS) is 15.6. The first-order valence-corrected chi connectivity index (χ1v) is 9.41. The molecule has 128 valence electrons. The van der Waals surface area contributed by atoms with Crippen molar-refractivity contribution >= 4 is 27.6 Å². The Balaban J connectivity index is 1.94. The number of unbranched alkanes of at least 4 members (excludes halogenated alkanes) is 1. The number of aromatic nitrogens is 2. The molecule has 0 spiro atoms. The molecule has 0 radical (unpaired) electrons. The van der Waals surface area contributed by atoms with Crippen LogP contribution >= 0.6 is 0 Å². The van der Waals surface area contributed by atoms with E-state index in [1.54, 1.807) is 24.0 Å². The number of anilines is 2. The number of hydrogen-bond acceptors (Lipinski definition) is 6. The van der Waals surface area contributed by atoms with Gasteiger partial charge >= 0.3 is 0 Å². The Morgan fingerprint density at radius 1 is 1.22 bits per heavy atom. The number of rotatable bonds is 6. The predicted molar refractivity (Wildman–Crippen MR) is 88.8 cm³/mol. The molecule has 23 heavy (non-hydrogen) atoms. The van der Waals surface area contributed by atoms with Gasteiger partial charge in [0.2, 0.25) is 15.9 Å². The quantitative estimate of drug-likeness (QED) is 0.818. The summed E-state index contributed by atoms with van der Waals surface area (Å²) in [4.78, 5) is 15.1. The van der Waals surface area contributed by atoms with Crippen molar-refractivity contribution in [3.8, 4) is 0 Å². The number of piperazine rings is 1. The number of sulfonamides is 1. The number of hydrogen-bond donors (Lipinski definition) is 1. The van der Waals surface area contributed by atoms with Gasteiger partial charge in [-0.05, 0) is 18.6 Å². The number of nitrogens with one attached hydrogen (secondary N) is 1. The van der Waals surface area contributed by atoms with Crippen molar-refractivity contribution in [3.63, 3.8) is 0 Å². The van der Waals surface area contributed by atoms with E-state index in [4.69, 9.17) is 0 Å². The molecule has 1 aliphatic heterocycles. The average Bonchev–Trinajstić information content (AvgIpc) is 2.53. The van der Waals surface area contributed by atoms with E-state index in [2.05, 4.69) is 14.9 Å². The number of amides is 1. The molecular formula is C14H23N5O3S. The van der Waals surface area contributed by atoms with Crippen LogP contribution in [0.2, 0.25) is 0 Å². The van der Waals surface area contributed by atoms with Gasteiger partial charge in [0.05, 0.1) is 5.75 Å². The fraction of sp³-hybridized carbons (Fsp3) is 0.643. The fourth-order valence-corrected chi connectivity index (χ4v) is 3.54. The van der Waals surface area contributed by atoms with Crippen molar-refractivity contribution in [1.29, 1.82) is 0 Å². The molecule has 0 atom stereocenters. The lowest BCUT2D eigenvalue weighted by molar-refractivity contribution is -0.129. The molecule has 0 aliphatic carbocycles. The van der Waals surface area contributed by atoms with Gasteiger partial charge < -0.3 is 9.80 Å². The molecule has 1 aromatic heterocycles. The number of nitrogens with zero attached hydrogens (tertiary/aromatic N) is 4. The average molecular weight is 341 g/mol. The molecule has 2 rings (SSSR count). The van der Waals surface area contributed by atoms with Crippen LogP contribution in [-0.2, 0) is 14.8 Å². The summed E-state index contributed by atoms with van der Waals surface area (Å²) < 4.78 is 26.1. The predicted octanol–water partition coefficient (Wildman–Crippen LogP) is 0.687. The smallest absolute Gasteiger partial charge is 0.233 e. The zero-order valence-corrected chi connectivity index (χ0v) is 14.3. The lowest BCUT2D eigenvalue weighted by Gasteiger charge is -2.34. The van der Waals surface area contributed by atoms with E-state index in [-0.39, 0.29) is 17.5 Å². The first-order valence-electron chi connectivity index (χ1n) is 7.76. The van der Waals surface area contributed by atoms with Crippen molar-refractivity contribution in [2.45, 2.75) is 26.7 Å². The van der Waals surface area contributed by atoms with E-state index in [9.17, 15) is 13.2 Å². The van der Waals surface area contributed by atoms with Crippen LogP contribution in [0.25, 0.3) is 0 Å². The molecule has 1 N–H and O–H groups in total. The summed E-state index contributed by atoms with van der Waals surface area (Å²) >= 11 is 0. The topological polar surface area (TPSA) is 95.5 Å². The molecule has 1 aliphatic rings. The maximum atomic E-state index is 11.8. The third-order valence-electron chi connectivity index (χ3n) is 3.73. The van der Waals surface area contributed by atoms with Crippen LogP contribution in [0, 0.1) is 0 Å². The van der Waals surface area contributed by atoms with Gasteiger partial charge in [0.1, 0.15) is 0 Å². The Labute approximate surface area is 136 Å². The second-order valence-corrected chi connectivity index (χ2v) is 7.39. The van der Waals surface area contributed by atoms with Crippen LogP contribution in [0.1, 0.15) is 26.7 Å². The summed E-state index contributed by atoms with van der Waals surface area (Å²) in [5, 5.41) is 8.02. The van der Waals surface area contributed by atoms with Crippen LogP contribution in [0.3, 0.4) is 0 Å². The zero-order chi connectivity index (χ0) is 16.9. The highest BCUT2D eigenvalue weighted by atomic mass is 32.2. The van der Waals surface area contributed by atoms with Gasteiger partial charge in [-0.1, -0.05) is 13.3 Å². The van der Waals surface area contributed by atoms with Crippen molar-refractivity contribution in [3.05, 3.63) is 12.1 Å². The van der Waals surface area contributed by atoms with Gasteiger partial charge in [-0.15, -0.1) is 10.2 Å². The molecule has 0 unspecified atom stereocenters. The van der Waals surface area contributed by atoms with Crippen LogP contribution in [0.4, 0.5) is 11.6 Å². The standard InChI is InChI=1S/C14H23N5O3S/c1-3-4-11-23(21,22)17-13-5-6-14(16-15-13)19-9-7-18(8-10-19)12(2)20/h5-6H,3-4,7-11H2,1-2H3,(H,15,17). The maximum Gasteiger partial charge on any atom is 0.233 e. The number of carbonyl (C=O) groups excluding carboxylic acids is 1. The van der Waals surface area contributed by atoms with Crippen LogP contribution in [0.5, 0.6) is 0 Å². The van der Waals surface area contributed by atoms with Crippen LogP contribution < -0.4 is 9.62 Å². The molecule has 1 aromatic rings. The minimum atomic E-state index is -3.36. The summed E-state index contributed by atoms with van der Waals surface area (Å²) in [7, 11) is -3.36. The van der Waals surface area contributed by atoms with Crippen molar-refractivity contribution < 1.29 is 13.2 Å². The monoisotopic (exact) mass is 341 g/mol. The van der Waals surface area contributed by atoms with Crippen LogP contribution in [-0.4, -0.2) is 61.4 Å². The van der Waals surface area contributed by atoms with Gasteiger partial charge in [0.25, 0.3) is 0 Å². The van der Waals surface area contributed by atoms with E-state index < -0.39 is 10.0 Å². The van der Waals surface area contributed by atoms with E-state index in [0.717, 1.165) is 6.42 Å². The van der Waals surface area contributed by atoms with E-state index >= 15 is 0 Å². The van der Waals surface area contributed by atoms with Gasteiger partial charge in [0.15, 0.2) is 11.6 Å². The molecule has 1 amide bonds. The number of carbonyl (C=O) groups is 1. The third kappa shape index (κ3) is 5.05. The summed E-state index contributed by atoms with van der Waals surface area (Å²) in [6.45, 7) is 6.20. The van der Waals surface area contributed by atoms with Gasteiger partial charge in [-0.25, -0.2) is 8.42 Å². The van der Waals surface area contributed by atoms with Crippen molar-refractivity contribution in [2.24, 2.45) is 0 Å². The highest BCUT2D eigenvalue weighted by Gasteiger charge is 2.20. The van der Waals surface area contributed by atoms with Crippen LogP contribution in [0.15, 0.2) is 12.1 Å². The molecular weight excluding hydrogens is 318 g/mol. The summed E-state index contributed by atoms with van der Waals surface area (Å²) in [5.41, 5.74) is 0. The van der Waals surface area contributed by atoms with E-state index in [1.807, 2.05) is 11.8 Å². The minimum Gasteiger partial charge on any atom is -0.352 e. The highest BCUT2D eigenvalue weighted by Crippen LogP contribution is 2.15. The summed E-state index contributed by atoms with van der Waals surface area (Å²) in [6.07, 6.45) is 1.43. The Morgan fingerprint density at radius 2 is 1.91 bits per heavy atom. The molecule has 1 saturated heterocycles. The first-order chi connectivity index (χ1) is 10.9. The summed E-state index contributed by atoms with van der Waals surface area (Å²) in [6, 6.07) is 3.36. The van der Waals surface area contributed by atoms with E-state index in [0.29, 0.717) is 38.4 Å². The fourth-order valence-electron chi connectivity index (χ4n) is 2.34. The highest BCUT2D eigenvalue weighted by molar-refractivity contribution is 7.92. The molecule has 9 heteroatoms. The molecule has 0 bridgehead atoms. The largest absolute Gasteiger partial charge is 0.352 e. The van der Waals surface area contributed by atoms with Gasteiger partial charge in [-0.3, -0.25) is 9.52 Å². The molecule has 0 saturated carbocycles. The van der Waals surface area contributed by atoms with E-state index in [1.165, 1.54) is 0 Å². The lowest BCUT2D eigenvalue weighted by atomic mass is 10.3. The molecule has 8 nitrogen and oxygen atoms in total. The molecule has 1 fully saturated rings. The third-order valence-corrected chi connectivity index (χ3v) is 5.07. The van der Waals surface area contributed by atoms with Gasteiger partial charge in [0, 0.05) is 33.1 Å². The minimum absolute atomic E-state index is 0.0765. The second kappa shape index (κ2) is 7.58. The Bertz CT molecular complexity index is 624. The SMILES string of the molecule is CCCCS(=O)(=O)Nc1ccc(N2CCN(C(C)=O)CC2)nn1. The molecule has 0 aromatic carbocycles. The second-order valence-electron chi connectivity index (χ2n) is 5.54. The van der Waals surface area contributed by atoms with Crippen molar-refractivity contribution in [2.75, 3.05) is 41.6 Å². The molecule has 2 heterocycles. The Morgan fingerprint density at radius 3 is 2.43 bits per heavy atom. The zero-order valence-electron chi connectivity index (χ0n) is 13.5. The Kier molecular flexibility index (Phi) is 5.75. The summed E-state index contributed by atoms with van der Waals surface area (Å²) in [5.74, 6) is 1.07. The maximum absolute atomic E-state index is 11.8. The first kappa shape index (κ1) is 17.5. The lowest BCUT2D eigenvalue weighted by Crippen LogP contribution is -2.48. The van der Waals surface area contributed by atoms with Crippen molar-refractivity contribution in [1.82, 2.24) is 15.1 Å². The van der Waals surface area contributed by atoms with Gasteiger partial charge in [-0.2, -0.15) is 0 Å². The Hall–Kier alpha value is -1.90.